The second-order valence-electron chi connectivity index (χ2n) is 6.81. The van der Waals surface area contributed by atoms with Crippen LogP contribution in [-0.2, 0) is 14.8 Å². The summed E-state index contributed by atoms with van der Waals surface area (Å²) in [6.45, 7) is 0. The highest BCUT2D eigenvalue weighted by Gasteiger charge is 2.33. The van der Waals surface area contributed by atoms with E-state index < -0.39 is 15.9 Å². The highest BCUT2D eigenvalue weighted by atomic mass is 32.2. The number of sulfonamides is 1. The molecule has 0 spiro atoms. The van der Waals surface area contributed by atoms with Gasteiger partial charge in [-0.2, -0.15) is 13.5 Å². The number of nitrogens with two attached hydrogens (primary N) is 1. The van der Waals surface area contributed by atoms with Crippen molar-refractivity contribution in [3.8, 4) is 11.1 Å². The van der Waals surface area contributed by atoms with Gasteiger partial charge in [0.05, 0.1) is 10.9 Å². The Morgan fingerprint density at radius 1 is 1.14 bits per heavy atom. The third-order valence-corrected chi connectivity index (χ3v) is 6.12. The van der Waals surface area contributed by atoms with Crippen molar-refractivity contribution in [1.82, 2.24) is 4.98 Å². The average Bonchev–Trinajstić information content (AvgIpc) is 3.03. The number of nitrogens with zero attached hydrogens (tertiary/aromatic N) is 2. The Bertz CT molecular complexity index is 1180. The van der Waals surface area contributed by atoms with Crippen LogP contribution >= 0.6 is 0 Å². The van der Waals surface area contributed by atoms with Crippen molar-refractivity contribution in [2.75, 3.05) is 0 Å². The zero-order valence-electron chi connectivity index (χ0n) is 14.7. The lowest BCUT2D eigenvalue weighted by atomic mass is 9.80. The number of carbonyl (C=O) groups excluding carboxylic acids is 1. The van der Waals surface area contributed by atoms with Gasteiger partial charge in [0.1, 0.15) is 5.82 Å². The topological polar surface area (TPSA) is 118 Å². The molecule has 144 valence electrons. The van der Waals surface area contributed by atoms with E-state index in [4.69, 9.17) is 5.73 Å². The molecule has 1 saturated carbocycles. The molecule has 7 nitrogen and oxygen atoms in total. The van der Waals surface area contributed by atoms with Crippen molar-refractivity contribution in [3.05, 3.63) is 54.5 Å². The molecule has 0 radical (unpaired) electrons. The molecular formula is C19H17FN4O3S. The first-order chi connectivity index (χ1) is 13.3. The number of aromatic amines is 1. The van der Waals surface area contributed by atoms with Gasteiger partial charge in [0.2, 0.25) is 5.91 Å². The Balaban J connectivity index is 1.53. The van der Waals surface area contributed by atoms with Gasteiger partial charge in [-0.25, -0.2) is 4.39 Å². The summed E-state index contributed by atoms with van der Waals surface area (Å²) in [5, 5.41) is 4.66. The van der Waals surface area contributed by atoms with Crippen molar-refractivity contribution in [1.29, 1.82) is 0 Å². The van der Waals surface area contributed by atoms with Crippen LogP contribution in [0.25, 0.3) is 22.0 Å². The number of fused-ring (bicyclic) bond motifs is 1. The Morgan fingerprint density at radius 2 is 1.86 bits per heavy atom. The van der Waals surface area contributed by atoms with Crippen molar-refractivity contribution in [3.63, 3.8) is 0 Å². The van der Waals surface area contributed by atoms with Gasteiger partial charge in [-0.1, -0.05) is 16.7 Å². The fraction of sp³-hybridized carbons (Fsp3) is 0.211. The van der Waals surface area contributed by atoms with E-state index >= 15 is 0 Å². The second kappa shape index (κ2) is 6.83. The van der Waals surface area contributed by atoms with E-state index in [2.05, 4.69) is 14.6 Å². The molecule has 0 bridgehead atoms. The lowest BCUT2D eigenvalue weighted by Gasteiger charge is -2.28. The molecule has 28 heavy (non-hydrogen) atoms. The number of nitrogens with one attached hydrogen (secondary N) is 1. The predicted octanol–water partition coefficient (Wildman–Crippen LogP) is 3.38. The van der Waals surface area contributed by atoms with E-state index in [9.17, 15) is 17.6 Å². The standard InChI is InChI=1S/C19H17FN4O3S/c20-13-3-6-16-17(10-22-18(16)9-13)11-1-4-15(5-2-11)28(26,27)24-23-14-7-12(8-14)19(21)25/h1-6,9-10,12,14,22H,7-8H2,(H2,21,25)/t12-,14-. The molecule has 1 aliphatic carbocycles. The molecule has 1 fully saturated rings. The molecule has 3 aromatic rings. The first-order valence-corrected chi connectivity index (χ1v) is 10.1. The maximum absolute atomic E-state index is 13.3. The molecule has 1 heterocycles. The second-order valence-corrected chi connectivity index (χ2v) is 8.40. The van der Waals surface area contributed by atoms with Crippen LogP contribution in [-0.4, -0.2) is 25.4 Å². The molecule has 1 aromatic heterocycles. The van der Waals surface area contributed by atoms with Crippen molar-refractivity contribution in [2.24, 2.45) is 21.3 Å². The number of H-pyrrole nitrogens is 1. The molecule has 0 aliphatic heterocycles. The molecule has 2 aromatic carbocycles. The third-order valence-electron chi connectivity index (χ3n) is 4.94. The summed E-state index contributed by atoms with van der Waals surface area (Å²) in [7, 11) is -3.92. The van der Waals surface area contributed by atoms with E-state index in [1.807, 2.05) is 0 Å². The van der Waals surface area contributed by atoms with Gasteiger partial charge in [0, 0.05) is 28.6 Å². The van der Waals surface area contributed by atoms with E-state index in [1.165, 1.54) is 24.3 Å². The fourth-order valence-corrected chi connectivity index (χ4v) is 4.07. The van der Waals surface area contributed by atoms with Crippen LogP contribution in [0.3, 0.4) is 0 Å². The maximum Gasteiger partial charge on any atom is 0.299 e. The first-order valence-electron chi connectivity index (χ1n) is 8.67. The lowest BCUT2D eigenvalue weighted by molar-refractivity contribution is -0.124. The minimum atomic E-state index is -3.92. The predicted molar refractivity (Wildman–Crippen MR) is 101 cm³/mol. The van der Waals surface area contributed by atoms with E-state index in [0.29, 0.717) is 18.4 Å². The quantitative estimate of drug-likeness (QED) is 0.639. The zero-order chi connectivity index (χ0) is 19.9. The van der Waals surface area contributed by atoms with E-state index in [1.54, 1.807) is 24.4 Å². The summed E-state index contributed by atoms with van der Waals surface area (Å²) in [6, 6.07) is 10.4. The minimum Gasteiger partial charge on any atom is -0.369 e. The molecule has 1 aliphatic rings. The Kier molecular flexibility index (Phi) is 4.46. The maximum atomic E-state index is 13.3. The first kappa shape index (κ1) is 18.3. The normalized spacial score (nSPS) is 19.8. The number of hydrogen-bond donors (Lipinski definition) is 2. The monoisotopic (exact) mass is 400 g/mol. The molecular weight excluding hydrogens is 383 g/mol. The summed E-state index contributed by atoms with van der Waals surface area (Å²) in [5.74, 6) is -0.984. The van der Waals surface area contributed by atoms with Crippen molar-refractivity contribution in [2.45, 2.75) is 23.8 Å². The lowest BCUT2D eigenvalue weighted by Crippen LogP contribution is -2.37. The van der Waals surface area contributed by atoms with Gasteiger partial charge >= 0.3 is 0 Å². The number of hydrogen-bond acceptors (Lipinski definition) is 4. The SMILES string of the molecule is NC(=O)[C@H]1C[C@H](N=NS(=O)(=O)c2ccc(-c3c[nH]c4cc(F)ccc34)cc2)C1. The Morgan fingerprint density at radius 3 is 2.54 bits per heavy atom. The molecule has 0 saturated heterocycles. The molecule has 0 atom stereocenters. The van der Waals surface area contributed by atoms with Crippen LogP contribution in [0.1, 0.15) is 12.8 Å². The van der Waals surface area contributed by atoms with Gasteiger partial charge in [0.15, 0.2) is 0 Å². The smallest absolute Gasteiger partial charge is 0.299 e. The van der Waals surface area contributed by atoms with Gasteiger partial charge in [-0.15, -0.1) is 0 Å². The summed E-state index contributed by atoms with van der Waals surface area (Å²) in [5.41, 5.74) is 7.47. The molecule has 4 rings (SSSR count). The molecule has 1 amide bonds. The van der Waals surface area contributed by atoms with Crippen LogP contribution in [0.2, 0.25) is 0 Å². The summed E-state index contributed by atoms with van der Waals surface area (Å²) >= 11 is 0. The number of primary amides is 1. The fourth-order valence-electron chi connectivity index (χ4n) is 3.23. The van der Waals surface area contributed by atoms with Gasteiger partial charge in [0.25, 0.3) is 10.0 Å². The van der Waals surface area contributed by atoms with Crippen molar-refractivity contribution < 1.29 is 17.6 Å². The Labute approximate surface area is 160 Å². The van der Waals surface area contributed by atoms with Crippen LogP contribution < -0.4 is 5.73 Å². The van der Waals surface area contributed by atoms with Crippen LogP contribution in [0.5, 0.6) is 0 Å². The number of rotatable bonds is 5. The number of benzene rings is 2. The Hall–Kier alpha value is -3.07. The largest absolute Gasteiger partial charge is 0.369 e. The van der Waals surface area contributed by atoms with E-state index in [-0.39, 0.29) is 22.7 Å². The highest BCUT2D eigenvalue weighted by Crippen LogP contribution is 2.32. The zero-order valence-corrected chi connectivity index (χ0v) is 15.5. The number of carbonyl (C=O) groups is 1. The molecule has 0 unspecified atom stereocenters. The summed E-state index contributed by atoms with van der Waals surface area (Å²) < 4.78 is 41.5. The van der Waals surface area contributed by atoms with Gasteiger partial charge in [-0.3, -0.25) is 4.79 Å². The van der Waals surface area contributed by atoms with Crippen LogP contribution in [0.4, 0.5) is 4.39 Å². The average molecular weight is 400 g/mol. The number of amides is 1. The molecule has 9 heteroatoms. The van der Waals surface area contributed by atoms with Gasteiger partial charge in [-0.05, 0) is 48.7 Å². The number of aromatic nitrogens is 1. The van der Waals surface area contributed by atoms with Gasteiger partial charge < -0.3 is 10.7 Å². The minimum absolute atomic E-state index is 0.0247. The third kappa shape index (κ3) is 3.40. The van der Waals surface area contributed by atoms with Crippen LogP contribution in [0, 0.1) is 11.7 Å². The summed E-state index contributed by atoms with van der Waals surface area (Å²) in [4.78, 5) is 14.0. The molecule has 3 N–H and O–H groups in total. The van der Waals surface area contributed by atoms with Crippen molar-refractivity contribution >= 4 is 26.8 Å². The van der Waals surface area contributed by atoms with E-state index in [0.717, 1.165) is 16.5 Å². The van der Waals surface area contributed by atoms with Crippen LogP contribution in [0.15, 0.2) is 63.2 Å². The highest BCUT2D eigenvalue weighted by molar-refractivity contribution is 7.90. The number of halogens is 1. The summed E-state index contributed by atoms with van der Waals surface area (Å²) in [6.07, 6.45) is 2.60.